The lowest BCUT2D eigenvalue weighted by Gasteiger charge is -2.28. The van der Waals surface area contributed by atoms with Crippen LogP contribution in [-0.2, 0) is 11.2 Å². The highest BCUT2D eigenvalue weighted by Gasteiger charge is 2.34. The molecule has 0 N–H and O–H groups in total. The Kier molecular flexibility index (Phi) is 14.4. The molecule has 0 radical (unpaired) electrons. The van der Waals surface area contributed by atoms with Crippen LogP contribution in [0.25, 0.3) is 11.3 Å². The third-order valence-electron chi connectivity index (χ3n) is 9.16. The first kappa shape index (κ1) is 32.8. The summed E-state index contributed by atoms with van der Waals surface area (Å²) < 4.78 is 5.49. The first-order valence-electron chi connectivity index (χ1n) is 16.7. The van der Waals surface area contributed by atoms with Gasteiger partial charge in [-0.25, -0.2) is 4.79 Å². The van der Waals surface area contributed by atoms with Crippen molar-refractivity contribution in [2.45, 2.75) is 136 Å². The smallest absolute Gasteiger partial charge is 0.331 e. The van der Waals surface area contributed by atoms with Crippen molar-refractivity contribution >= 4 is 5.97 Å². The van der Waals surface area contributed by atoms with Crippen LogP contribution in [0.15, 0.2) is 42.6 Å². The second kappa shape index (κ2) is 18.0. The van der Waals surface area contributed by atoms with Gasteiger partial charge in [-0.3, -0.25) is 4.98 Å². The summed E-state index contributed by atoms with van der Waals surface area (Å²) in [6.45, 7) is 5.89. The van der Waals surface area contributed by atoms with Gasteiger partial charge >= 0.3 is 5.97 Å². The predicted molar refractivity (Wildman–Crippen MR) is 170 cm³/mol. The van der Waals surface area contributed by atoms with Gasteiger partial charge in [0.25, 0.3) is 0 Å². The summed E-state index contributed by atoms with van der Waals surface area (Å²) in [6.07, 6.45) is 25.6. The number of unbranched alkanes of at least 4 members (excludes halogenated alkanes) is 8. The van der Waals surface area contributed by atoms with Gasteiger partial charge in [0.1, 0.15) is 5.75 Å². The highest BCUT2D eigenvalue weighted by Crippen LogP contribution is 2.34. The molecule has 224 valence electrons. The number of benzene rings is 1. The molecule has 1 aromatic carbocycles. The molecule has 1 heterocycles. The van der Waals surface area contributed by atoms with Crippen LogP contribution in [0.4, 0.5) is 0 Å². The Hall–Kier alpha value is -2.67. The van der Waals surface area contributed by atoms with Crippen molar-refractivity contribution in [1.29, 1.82) is 5.26 Å². The molecule has 41 heavy (non-hydrogen) atoms. The maximum absolute atomic E-state index is 12.5. The second-order valence-corrected chi connectivity index (χ2v) is 12.7. The topological polar surface area (TPSA) is 63.0 Å². The van der Waals surface area contributed by atoms with Gasteiger partial charge in [-0.1, -0.05) is 116 Å². The number of hydrogen-bond acceptors (Lipinski definition) is 4. The molecule has 1 unspecified atom stereocenters. The lowest BCUT2D eigenvalue weighted by molar-refractivity contribution is -0.142. The molecule has 0 aliphatic heterocycles. The van der Waals surface area contributed by atoms with Crippen molar-refractivity contribution in [1.82, 2.24) is 4.98 Å². The van der Waals surface area contributed by atoms with Gasteiger partial charge in [0.05, 0.1) is 11.8 Å². The van der Waals surface area contributed by atoms with E-state index < -0.39 is 11.4 Å². The number of carbonyl (C=O) groups is 1. The fourth-order valence-corrected chi connectivity index (χ4v) is 6.28. The zero-order chi connectivity index (χ0) is 29.3. The van der Waals surface area contributed by atoms with Crippen LogP contribution in [-0.4, -0.2) is 11.0 Å². The predicted octanol–water partition coefficient (Wildman–Crippen LogP) is 10.6. The van der Waals surface area contributed by atoms with E-state index in [4.69, 9.17) is 9.72 Å². The molecule has 1 atom stereocenters. The van der Waals surface area contributed by atoms with Crippen LogP contribution in [0.5, 0.6) is 5.75 Å². The maximum atomic E-state index is 12.5. The van der Waals surface area contributed by atoms with Gasteiger partial charge in [0.15, 0.2) is 5.41 Å². The standard InChI is InChI=1S/C37H54N2O2/c1-4-6-7-8-9-10-11-12-13-14-30-15-17-31(18-16-30)19-20-32-21-26-35(39-28-32)33-22-24-34(25-23-33)41-36(40)37(3,29-38)27-5-2/h21-26,28,30-31H,4-20,27H2,1-3H3. The van der Waals surface area contributed by atoms with E-state index in [1.165, 1.54) is 102 Å². The molecule has 1 aliphatic carbocycles. The van der Waals surface area contributed by atoms with E-state index in [0.29, 0.717) is 12.2 Å². The Morgan fingerprint density at radius 1 is 0.854 bits per heavy atom. The number of carbonyl (C=O) groups excluding carboxylic acids is 1. The molecule has 1 fully saturated rings. The van der Waals surface area contributed by atoms with E-state index in [0.717, 1.165) is 35.9 Å². The van der Waals surface area contributed by atoms with Crippen molar-refractivity contribution in [3.8, 4) is 23.1 Å². The Bertz CT molecular complexity index is 1050. The molecule has 0 bridgehead atoms. The molecule has 2 aromatic rings. The number of esters is 1. The van der Waals surface area contributed by atoms with Gasteiger partial charge in [-0.05, 0) is 73.9 Å². The average molecular weight is 559 g/mol. The monoisotopic (exact) mass is 558 g/mol. The minimum Gasteiger partial charge on any atom is -0.425 e. The van der Waals surface area contributed by atoms with Gasteiger partial charge < -0.3 is 4.74 Å². The quantitative estimate of drug-likeness (QED) is 0.104. The highest BCUT2D eigenvalue weighted by molar-refractivity contribution is 5.81. The summed E-state index contributed by atoms with van der Waals surface area (Å²) in [5.74, 6) is 1.79. The third-order valence-corrected chi connectivity index (χ3v) is 9.16. The highest BCUT2D eigenvalue weighted by atomic mass is 16.5. The number of pyridine rings is 1. The summed E-state index contributed by atoms with van der Waals surface area (Å²) in [5, 5.41) is 9.42. The largest absolute Gasteiger partial charge is 0.425 e. The van der Waals surface area contributed by atoms with Crippen LogP contribution in [0, 0.1) is 28.6 Å². The van der Waals surface area contributed by atoms with Gasteiger partial charge in [0, 0.05) is 11.8 Å². The number of rotatable bonds is 18. The molecule has 0 spiro atoms. The Morgan fingerprint density at radius 3 is 2.02 bits per heavy atom. The molecule has 0 saturated heterocycles. The summed E-state index contributed by atoms with van der Waals surface area (Å²) in [7, 11) is 0. The minimum absolute atomic E-state index is 0.454. The third kappa shape index (κ3) is 11.3. The van der Waals surface area contributed by atoms with Crippen LogP contribution >= 0.6 is 0 Å². The molecular weight excluding hydrogens is 504 g/mol. The number of aryl methyl sites for hydroxylation is 1. The zero-order valence-electron chi connectivity index (χ0n) is 26.1. The van der Waals surface area contributed by atoms with Crippen molar-refractivity contribution in [2.75, 3.05) is 0 Å². The molecule has 1 saturated carbocycles. The number of nitriles is 1. The molecule has 4 nitrogen and oxygen atoms in total. The second-order valence-electron chi connectivity index (χ2n) is 12.7. The van der Waals surface area contributed by atoms with Crippen LogP contribution in [0.2, 0.25) is 0 Å². The first-order valence-corrected chi connectivity index (χ1v) is 16.7. The number of aromatic nitrogens is 1. The molecule has 1 aliphatic rings. The summed E-state index contributed by atoms with van der Waals surface area (Å²) in [5.41, 5.74) is 2.09. The van der Waals surface area contributed by atoms with Crippen LogP contribution < -0.4 is 4.74 Å². The first-order chi connectivity index (χ1) is 20.0. The van der Waals surface area contributed by atoms with Crippen molar-refractivity contribution in [2.24, 2.45) is 17.3 Å². The molecule has 1 aromatic heterocycles. The normalized spacial score (nSPS) is 18.4. The fraction of sp³-hybridized carbons (Fsp3) is 0.649. The van der Waals surface area contributed by atoms with Gasteiger partial charge in [-0.15, -0.1) is 0 Å². The Labute approximate surface area is 250 Å². The molecule has 3 rings (SSSR count). The molecular formula is C37H54N2O2. The van der Waals surface area contributed by atoms with Crippen LogP contribution in [0.3, 0.4) is 0 Å². The van der Waals surface area contributed by atoms with E-state index in [9.17, 15) is 10.1 Å². The van der Waals surface area contributed by atoms with Gasteiger partial charge in [-0.2, -0.15) is 5.26 Å². The molecule has 4 heteroatoms. The van der Waals surface area contributed by atoms with Crippen molar-refractivity contribution in [3.63, 3.8) is 0 Å². The van der Waals surface area contributed by atoms with Crippen LogP contribution in [0.1, 0.15) is 135 Å². The summed E-state index contributed by atoms with van der Waals surface area (Å²) in [4.78, 5) is 17.2. The van der Waals surface area contributed by atoms with E-state index in [-0.39, 0.29) is 0 Å². The van der Waals surface area contributed by atoms with E-state index >= 15 is 0 Å². The number of nitrogens with zero attached hydrogens (tertiary/aromatic N) is 2. The maximum Gasteiger partial charge on any atom is 0.331 e. The lowest BCUT2D eigenvalue weighted by Crippen LogP contribution is -2.30. The lowest BCUT2D eigenvalue weighted by atomic mass is 9.78. The Morgan fingerprint density at radius 2 is 1.46 bits per heavy atom. The van der Waals surface area contributed by atoms with E-state index in [1.807, 2.05) is 25.3 Å². The molecule has 0 amide bonds. The van der Waals surface area contributed by atoms with Gasteiger partial charge in [0.2, 0.25) is 0 Å². The fourth-order valence-electron chi connectivity index (χ4n) is 6.28. The zero-order valence-corrected chi connectivity index (χ0v) is 26.1. The van der Waals surface area contributed by atoms with Crippen molar-refractivity contribution < 1.29 is 9.53 Å². The number of hydrogen-bond donors (Lipinski definition) is 0. The number of ether oxygens (including phenoxy) is 1. The van der Waals surface area contributed by atoms with E-state index in [2.05, 4.69) is 25.1 Å². The van der Waals surface area contributed by atoms with E-state index in [1.54, 1.807) is 19.1 Å². The summed E-state index contributed by atoms with van der Waals surface area (Å²) in [6, 6.07) is 13.8. The SMILES string of the molecule is CCCCCCCCCCCC1CCC(CCc2ccc(-c3ccc(OC(=O)C(C)(C#N)CCC)cc3)nc2)CC1. The average Bonchev–Trinajstić information content (AvgIpc) is 3.00. The Balaban J connectivity index is 1.33. The summed E-state index contributed by atoms with van der Waals surface area (Å²) >= 11 is 0. The van der Waals surface area contributed by atoms with Crippen molar-refractivity contribution in [3.05, 3.63) is 48.2 Å². The minimum atomic E-state index is -1.11.